The number of esters is 1. The zero-order valence-corrected chi connectivity index (χ0v) is 16.3. The highest BCUT2D eigenvalue weighted by Crippen LogP contribution is 2.33. The van der Waals surface area contributed by atoms with Gasteiger partial charge in [0.1, 0.15) is 12.1 Å². The van der Waals surface area contributed by atoms with Crippen LogP contribution < -0.4 is 5.32 Å². The number of amides is 3. The van der Waals surface area contributed by atoms with Crippen molar-refractivity contribution in [3.63, 3.8) is 0 Å². The fraction of sp³-hybridized carbons (Fsp3) is 0.524. The fourth-order valence-corrected chi connectivity index (χ4v) is 3.87. The molecule has 1 aliphatic heterocycles. The minimum Gasteiger partial charge on any atom is -0.453 e. The molecule has 2 aliphatic rings. The van der Waals surface area contributed by atoms with Crippen LogP contribution in [0.4, 0.5) is 4.79 Å². The van der Waals surface area contributed by atoms with Crippen LogP contribution in [0.5, 0.6) is 0 Å². The highest BCUT2D eigenvalue weighted by molar-refractivity contribution is 6.09. The first kappa shape index (κ1) is 20.0. The lowest BCUT2D eigenvalue weighted by molar-refractivity contribution is -0.150. The van der Waals surface area contributed by atoms with E-state index in [4.69, 9.17) is 4.74 Å². The number of benzene rings is 1. The monoisotopic (exact) mass is 386 g/mol. The van der Waals surface area contributed by atoms with Crippen LogP contribution in [-0.4, -0.2) is 46.8 Å². The van der Waals surface area contributed by atoms with E-state index in [-0.39, 0.29) is 11.7 Å². The van der Waals surface area contributed by atoms with Gasteiger partial charge in [-0.05, 0) is 31.7 Å². The lowest BCUT2D eigenvalue weighted by Crippen LogP contribution is -2.48. The van der Waals surface area contributed by atoms with E-state index in [9.17, 15) is 19.2 Å². The van der Waals surface area contributed by atoms with E-state index in [1.54, 1.807) is 12.1 Å². The quantitative estimate of drug-likeness (QED) is 0.461. The molecule has 0 bridgehead atoms. The number of nitrogens with zero attached hydrogens (tertiary/aromatic N) is 1. The molecule has 150 valence electrons. The summed E-state index contributed by atoms with van der Waals surface area (Å²) in [6.07, 6.45) is 3.82. The Hall–Kier alpha value is -2.70. The van der Waals surface area contributed by atoms with Crippen LogP contribution in [0.1, 0.15) is 61.9 Å². The molecule has 1 spiro atoms. The summed E-state index contributed by atoms with van der Waals surface area (Å²) in [4.78, 5) is 50.5. The summed E-state index contributed by atoms with van der Waals surface area (Å²) in [5.41, 5.74) is 0.683. The standard InChI is InChI=1S/C21H26N2O5/c1-3-15-7-9-16(10-8-15)18(25)14(2)28-17(24)13-23-19(26)21(22-20(23)27)11-5-4-6-12-21/h7-10,14H,3-6,11-13H2,1-2H3,(H,22,27). The zero-order chi connectivity index (χ0) is 20.3. The normalized spacial score (nSPS) is 19.4. The molecule has 0 radical (unpaired) electrons. The van der Waals surface area contributed by atoms with E-state index in [2.05, 4.69) is 5.32 Å². The summed E-state index contributed by atoms with van der Waals surface area (Å²) in [7, 11) is 0. The van der Waals surface area contributed by atoms with Crippen molar-refractivity contribution in [2.45, 2.75) is 64.0 Å². The Morgan fingerprint density at radius 3 is 2.39 bits per heavy atom. The molecular weight excluding hydrogens is 360 g/mol. The molecule has 1 saturated heterocycles. The number of nitrogens with one attached hydrogen (secondary N) is 1. The summed E-state index contributed by atoms with van der Waals surface area (Å²) in [5, 5.41) is 2.75. The van der Waals surface area contributed by atoms with E-state index in [0.29, 0.717) is 18.4 Å². The molecule has 1 unspecified atom stereocenters. The third kappa shape index (κ3) is 3.93. The third-order valence-electron chi connectivity index (χ3n) is 5.56. The number of carbonyl (C=O) groups is 4. The second-order valence-corrected chi connectivity index (χ2v) is 7.51. The van der Waals surface area contributed by atoms with Gasteiger partial charge in [0.05, 0.1) is 0 Å². The molecule has 2 fully saturated rings. The number of urea groups is 1. The summed E-state index contributed by atoms with van der Waals surface area (Å²) < 4.78 is 5.20. The highest BCUT2D eigenvalue weighted by atomic mass is 16.5. The van der Waals surface area contributed by atoms with Crippen molar-refractivity contribution in [1.82, 2.24) is 10.2 Å². The average Bonchev–Trinajstić information content (AvgIpc) is 2.91. The van der Waals surface area contributed by atoms with Gasteiger partial charge in [0.15, 0.2) is 6.10 Å². The lowest BCUT2D eigenvalue weighted by atomic mass is 9.82. The molecule has 3 rings (SSSR count). The molecule has 1 N–H and O–H groups in total. The largest absolute Gasteiger partial charge is 0.453 e. The van der Waals surface area contributed by atoms with Gasteiger partial charge in [0.2, 0.25) is 5.78 Å². The molecule has 1 aliphatic carbocycles. The number of imide groups is 1. The predicted molar refractivity (Wildman–Crippen MR) is 102 cm³/mol. The number of ether oxygens (including phenoxy) is 1. The molecule has 7 heteroatoms. The maximum absolute atomic E-state index is 12.7. The number of carbonyl (C=O) groups excluding carboxylic acids is 4. The minimum absolute atomic E-state index is 0.322. The molecular formula is C21H26N2O5. The summed E-state index contributed by atoms with van der Waals surface area (Å²) >= 11 is 0. The van der Waals surface area contributed by atoms with Gasteiger partial charge in [-0.2, -0.15) is 0 Å². The van der Waals surface area contributed by atoms with E-state index in [1.165, 1.54) is 6.92 Å². The molecule has 28 heavy (non-hydrogen) atoms. The Morgan fingerprint density at radius 1 is 1.14 bits per heavy atom. The van der Waals surface area contributed by atoms with E-state index in [1.807, 2.05) is 19.1 Å². The number of hydrogen-bond acceptors (Lipinski definition) is 5. The van der Waals surface area contributed by atoms with E-state index in [0.717, 1.165) is 36.1 Å². The summed E-state index contributed by atoms with van der Waals surface area (Å²) in [6.45, 7) is 3.02. The Bertz CT molecular complexity index is 780. The summed E-state index contributed by atoms with van der Waals surface area (Å²) in [5.74, 6) is -1.47. The van der Waals surface area contributed by atoms with E-state index < -0.39 is 30.2 Å². The van der Waals surface area contributed by atoms with Gasteiger partial charge in [-0.3, -0.25) is 19.3 Å². The molecule has 3 amide bonds. The van der Waals surface area contributed by atoms with E-state index >= 15 is 0 Å². The predicted octanol–water partition coefficient (Wildman–Crippen LogP) is 2.62. The smallest absolute Gasteiger partial charge is 0.326 e. The van der Waals surface area contributed by atoms with Crippen molar-refractivity contribution in [3.05, 3.63) is 35.4 Å². The van der Waals surface area contributed by atoms with Crippen molar-refractivity contribution in [1.29, 1.82) is 0 Å². The van der Waals surface area contributed by atoms with Gasteiger partial charge in [-0.15, -0.1) is 0 Å². The first-order valence-electron chi connectivity index (χ1n) is 9.83. The van der Waals surface area contributed by atoms with Crippen LogP contribution in [0, 0.1) is 0 Å². The SMILES string of the molecule is CCc1ccc(C(=O)C(C)OC(=O)CN2C(=O)NC3(CCCCC3)C2=O)cc1. The Labute approximate surface area is 164 Å². The number of rotatable bonds is 6. The van der Waals surface area contributed by atoms with Gasteiger partial charge in [-0.1, -0.05) is 50.5 Å². The van der Waals surface area contributed by atoms with Crippen molar-refractivity contribution >= 4 is 23.7 Å². The van der Waals surface area contributed by atoms with Crippen LogP contribution in [0.15, 0.2) is 24.3 Å². The zero-order valence-electron chi connectivity index (χ0n) is 16.3. The summed E-state index contributed by atoms with van der Waals surface area (Å²) in [6, 6.07) is 6.56. The Balaban J connectivity index is 1.59. The maximum atomic E-state index is 12.7. The fourth-order valence-electron chi connectivity index (χ4n) is 3.87. The van der Waals surface area contributed by atoms with Crippen molar-refractivity contribution in [2.24, 2.45) is 0 Å². The lowest BCUT2D eigenvalue weighted by Gasteiger charge is -2.30. The van der Waals surface area contributed by atoms with Crippen LogP contribution in [0.3, 0.4) is 0 Å². The van der Waals surface area contributed by atoms with Crippen molar-refractivity contribution in [2.75, 3.05) is 6.54 Å². The Kier molecular flexibility index (Phi) is 5.82. The van der Waals surface area contributed by atoms with Gasteiger partial charge in [0, 0.05) is 5.56 Å². The van der Waals surface area contributed by atoms with Gasteiger partial charge < -0.3 is 10.1 Å². The second kappa shape index (κ2) is 8.12. The molecule has 1 saturated carbocycles. The molecule has 1 aromatic rings. The molecule has 1 atom stereocenters. The van der Waals surface area contributed by atoms with Crippen molar-refractivity contribution in [3.8, 4) is 0 Å². The van der Waals surface area contributed by atoms with Crippen LogP contribution in [0.2, 0.25) is 0 Å². The van der Waals surface area contributed by atoms with Crippen LogP contribution >= 0.6 is 0 Å². The van der Waals surface area contributed by atoms with Crippen LogP contribution in [-0.2, 0) is 20.7 Å². The highest BCUT2D eigenvalue weighted by Gasteiger charge is 2.51. The molecule has 1 aromatic carbocycles. The Morgan fingerprint density at radius 2 is 1.79 bits per heavy atom. The maximum Gasteiger partial charge on any atom is 0.326 e. The number of hydrogen-bond donors (Lipinski definition) is 1. The minimum atomic E-state index is -0.996. The van der Waals surface area contributed by atoms with Gasteiger partial charge in [-0.25, -0.2) is 4.79 Å². The number of Topliss-reactive ketones (excluding diaryl/α,β-unsaturated/α-hetero) is 1. The topological polar surface area (TPSA) is 92.8 Å². The van der Waals surface area contributed by atoms with Gasteiger partial charge >= 0.3 is 12.0 Å². The second-order valence-electron chi connectivity index (χ2n) is 7.51. The number of aryl methyl sites for hydroxylation is 1. The first-order chi connectivity index (χ1) is 13.4. The van der Waals surface area contributed by atoms with Crippen LogP contribution in [0.25, 0.3) is 0 Å². The molecule has 0 aromatic heterocycles. The number of ketones is 1. The first-order valence-corrected chi connectivity index (χ1v) is 9.83. The van der Waals surface area contributed by atoms with Crippen molar-refractivity contribution < 1.29 is 23.9 Å². The molecule has 7 nitrogen and oxygen atoms in total. The third-order valence-corrected chi connectivity index (χ3v) is 5.56. The van der Waals surface area contributed by atoms with Gasteiger partial charge in [0.25, 0.3) is 5.91 Å². The average molecular weight is 386 g/mol. The molecule has 1 heterocycles.